The molecule has 1 aromatic heterocycles. The summed E-state index contributed by atoms with van der Waals surface area (Å²) in [7, 11) is 0. The summed E-state index contributed by atoms with van der Waals surface area (Å²) in [6.07, 6.45) is 0. The van der Waals surface area contributed by atoms with Crippen LogP contribution in [0, 0.1) is 25.2 Å². The average Bonchev–Trinajstić information content (AvgIpc) is 2.04. The Morgan fingerprint density at radius 1 is 1.54 bits per heavy atom. The highest BCUT2D eigenvalue weighted by Gasteiger charge is 2.06. The quantitative estimate of drug-likeness (QED) is 0.747. The molecule has 0 fully saturated rings. The van der Waals surface area contributed by atoms with Crippen molar-refractivity contribution in [3.05, 3.63) is 22.9 Å². The van der Waals surface area contributed by atoms with Crippen LogP contribution in [-0.2, 0) is 0 Å². The van der Waals surface area contributed by atoms with Crippen LogP contribution in [-0.4, -0.2) is 11.5 Å². The van der Waals surface area contributed by atoms with Gasteiger partial charge in [-0.1, -0.05) is 0 Å². The molecule has 3 nitrogen and oxygen atoms in total. The van der Waals surface area contributed by atoms with Crippen LogP contribution in [0.25, 0.3) is 0 Å². The van der Waals surface area contributed by atoms with Crippen LogP contribution in [0.1, 0.15) is 23.7 Å². The number of anilines is 1. The first kappa shape index (κ1) is 9.53. The number of nitrogens with zero attached hydrogens (tertiary/aromatic N) is 2. The maximum Gasteiger partial charge on any atom is 0.144 e. The summed E-state index contributed by atoms with van der Waals surface area (Å²) < 4.78 is 0. The van der Waals surface area contributed by atoms with Crippen LogP contribution >= 0.6 is 0 Å². The third-order valence-electron chi connectivity index (χ3n) is 1.80. The Hall–Kier alpha value is -1.56. The molecule has 68 valence electrons. The number of rotatable bonds is 2. The number of hydrogen-bond acceptors (Lipinski definition) is 3. The van der Waals surface area contributed by atoms with Gasteiger partial charge in [-0.2, -0.15) is 5.26 Å². The van der Waals surface area contributed by atoms with Crippen LogP contribution in [0.15, 0.2) is 6.07 Å². The molecule has 0 radical (unpaired) electrons. The van der Waals surface area contributed by atoms with E-state index in [1.165, 1.54) is 0 Å². The monoisotopic (exact) mass is 175 g/mol. The van der Waals surface area contributed by atoms with Crippen LogP contribution in [0.4, 0.5) is 5.82 Å². The van der Waals surface area contributed by atoms with Crippen LogP contribution in [0.2, 0.25) is 0 Å². The zero-order valence-electron chi connectivity index (χ0n) is 8.18. The lowest BCUT2D eigenvalue weighted by molar-refractivity contribution is 1.10. The van der Waals surface area contributed by atoms with Crippen molar-refractivity contribution < 1.29 is 0 Å². The highest BCUT2D eigenvalue weighted by atomic mass is 15.0. The van der Waals surface area contributed by atoms with Crippen molar-refractivity contribution in [2.75, 3.05) is 11.9 Å². The van der Waals surface area contributed by atoms with E-state index in [9.17, 15) is 0 Å². The van der Waals surface area contributed by atoms with Gasteiger partial charge in [-0.15, -0.1) is 0 Å². The first-order valence-electron chi connectivity index (χ1n) is 4.31. The minimum atomic E-state index is 0.646. The molecular weight excluding hydrogens is 162 g/mol. The van der Waals surface area contributed by atoms with E-state index < -0.39 is 0 Å². The van der Waals surface area contributed by atoms with Crippen LogP contribution in [0.5, 0.6) is 0 Å². The van der Waals surface area contributed by atoms with Gasteiger partial charge in [0.25, 0.3) is 0 Å². The summed E-state index contributed by atoms with van der Waals surface area (Å²) in [5.74, 6) is 0.697. The Morgan fingerprint density at radius 3 is 2.77 bits per heavy atom. The highest BCUT2D eigenvalue weighted by Crippen LogP contribution is 2.16. The van der Waals surface area contributed by atoms with Crippen molar-refractivity contribution in [2.45, 2.75) is 20.8 Å². The Kier molecular flexibility index (Phi) is 2.86. The summed E-state index contributed by atoms with van der Waals surface area (Å²) in [5, 5.41) is 12.0. The SMILES string of the molecule is CCNc1nc(C)cc(C)c1C#N. The lowest BCUT2D eigenvalue weighted by Crippen LogP contribution is -2.04. The Bertz CT molecular complexity index is 350. The van der Waals surface area contributed by atoms with E-state index >= 15 is 0 Å². The topological polar surface area (TPSA) is 48.7 Å². The Morgan fingerprint density at radius 2 is 2.23 bits per heavy atom. The van der Waals surface area contributed by atoms with E-state index in [4.69, 9.17) is 5.26 Å². The fourth-order valence-corrected chi connectivity index (χ4v) is 1.27. The molecule has 0 atom stereocenters. The van der Waals surface area contributed by atoms with Gasteiger partial charge < -0.3 is 5.32 Å². The van der Waals surface area contributed by atoms with Gasteiger partial charge in [-0.25, -0.2) is 4.98 Å². The second-order valence-electron chi connectivity index (χ2n) is 2.95. The highest BCUT2D eigenvalue weighted by molar-refractivity contribution is 5.56. The third-order valence-corrected chi connectivity index (χ3v) is 1.80. The van der Waals surface area contributed by atoms with Crippen molar-refractivity contribution in [3.8, 4) is 6.07 Å². The first-order valence-corrected chi connectivity index (χ1v) is 4.31. The van der Waals surface area contributed by atoms with E-state index in [1.54, 1.807) is 0 Å². The standard InChI is InChI=1S/C10H13N3/c1-4-12-10-9(6-11)7(2)5-8(3)13-10/h5H,4H2,1-3H3,(H,12,13). The molecule has 0 aliphatic rings. The Labute approximate surface area is 78.4 Å². The van der Waals surface area contributed by atoms with E-state index in [0.29, 0.717) is 11.4 Å². The number of nitriles is 1. The lowest BCUT2D eigenvalue weighted by Gasteiger charge is -2.07. The van der Waals surface area contributed by atoms with Gasteiger partial charge >= 0.3 is 0 Å². The number of hydrogen-bond donors (Lipinski definition) is 1. The summed E-state index contributed by atoms with van der Waals surface area (Å²) >= 11 is 0. The van der Waals surface area contributed by atoms with Crippen molar-refractivity contribution in [1.29, 1.82) is 5.26 Å². The van der Waals surface area contributed by atoms with Gasteiger partial charge in [0.2, 0.25) is 0 Å². The molecule has 0 spiro atoms. The maximum absolute atomic E-state index is 8.89. The van der Waals surface area contributed by atoms with Gasteiger partial charge in [0.05, 0.1) is 5.56 Å². The summed E-state index contributed by atoms with van der Waals surface area (Å²) in [4.78, 5) is 4.26. The molecule has 1 N–H and O–H groups in total. The fourth-order valence-electron chi connectivity index (χ4n) is 1.27. The van der Waals surface area contributed by atoms with Crippen LogP contribution < -0.4 is 5.32 Å². The van der Waals surface area contributed by atoms with E-state index in [0.717, 1.165) is 17.8 Å². The normalized spacial score (nSPS) is 9.38. The van der Waals surface area contributed by atoms with Gasteiger partial charge in [-0.3, -0.25) is 0 Å². The van der Waals surface area contributed by atoms with Gasteiger partial charge in [0.15, 0.2) is 0 Å². The van der Waals surface area contributed by atoms with Crippen molar-refractivity contribution >= 4 is 5.82 Å². The second kappa shape index (κ2) is 3.90. The smallest absolute Gasteiger partial charge is 0.144 e. The first-order chi connectivity index (χ1) is 6.19. The molecule has 0 saturated carbocycles. The zero-order chi connectivity index (χ0) is 9.84. The van der Waals surface area contributed by atoms with Gasteiger partial charge in [-0.05, 0) is 32.4 Å². The van der Waals surface area contributed by atoms with E-state index in [1.807, 2.05) is 26.8 Å². The molecule has 3 heteroatoms. The average molecular weight is 175 g/mol. The van der Waals surface area contributed by atoms with Crippen LogP contribution in [0.3, 0.4) is 0 Å². The molecule has 0 aliphatic heterocycles. The molecule has 0 saturated heterocycles. The van der Waals surface area contributed by atoms with Crippen molar-refractivity contribution in [1.82, 2.24) is 4.98 Å². The minimum Gasteiger partial charge on any atom is -0.369 e. The number of nitrogens with one attached hydrogen (secondary N) is 1. The number of aromatic nitrogens is 1. The molecule has 1 rings (SSSR count). The molecule has 0 bridgehead atoms. The molecule has 0 aromatic carbocycles. The predicted molar refractivity (Wildman–Crippen MR) is 52.6 cm³/mol. The van der Waals surface area contributed by atoms with E-state index in [-0.39, 0.29) is 0 Å². The Balaban J connectivity index is 3.23. The molecule has 0 aliphatic carbocycles. The number of aryl methyl sites for hydroxylation is 2. The van der Waals surface area contributed by atoms with Gasteiger partial charge in [0.1, 0.15) is 11.9 Å². The minimum absolute atomic E-state index is 0.646. The molecule has 1 aromatic rings. The molecule has 1 heterocycles. The number of pyridine rings is 1. The van der Waals surface area contributed by atoms with Crippen molar-refractivity contribution in [2.24, 2.45) is 0 Å². The largest absolute Gasteiger partial charge is 0.369 e. The maximum atomic E-state index is 8.89. The van der Waals surface area contributed by atoms with E-state index in [2.05, 4.69) is 16.4 Å². The predicted octanol–water partition coefficient (Wildman–Crippen LogP) is 2.00. The fraction of sp³-hybridized carbons (Fsp3) is 0.400. The zero-order valence-corrected chi connectivity index (χ0v) is 8.18. The lowest BCUT2D eigenvalue weighted by atomic mass is 10.1. The van der Waals surface area contributed by atoms with Gasteiger partial charge in [0, 0.05) is 12.2 Å². The third kappa shape index (κ3) is 1.97. The molecule has 0 amide bonds. The summed E-state index contributed by atoms with van der Waals surface area (Å²) in [6.45, 7) is 6.62. The molecule has 0 unspecified atom stereocenters. The summed E-state index contributed by atoms with van der Waals surface area (Å²) in [5.41, 5.74) is 2.56. The van der Waals surface area contributed by atoms with Crippen molar-refractivity contribution in [3.63, 3.8) is 0 Å². The molecule has 13 heavy (non-hydrogen) atoms. The molecular formula is C10H13N3. The second-order valence-corrected chi connectivity index (χ2v) is 2.95. The summed E-state index contributed by atoms with van der Waals surface area (Å²) in [6, 6.07) is 4.07.